The van der Waals surface area contributed by atoms with Crippen molar-refractivity contribution < 1.29 is 8.42 Å². The van der Waals surface area contributed by atoms with E-state index in [2.05, 4.69) is 59.9 Å². The van der Waals surface area contributed by atoms with Gasteiger partial charge in [-0.25, -0.2) is 8.42 Å². The number of hydrogen-bond donors (Lipinski definition) is 0. The lowest BCUT2D eigenvalue weighted by atomic mass is 10.2. The third-order valence-electron chi connectivity index (χ3n) is 2.36. The van der Waals surface area contributed by atoms with Crippen molar-refractivity contribution in [1.82, 2.24) is 0 Å². The largest absolute Gasteiger partial charge is 0.229 e. The van der Waals surface area contributed by atoms with E-state index in [-0.39, 0.29) is 5.75 Å². The number of halogens is 3. The molecule has 0 bridgehead atoms. The summed E-state index contributed by atoms with van der Waals surface area (Å²) in [5.41, 5.74) is 2.11. The third kappa shape index (κ3) is 8.76. The minimum atomic E-state index is -2.91. The SMILES string of the molecule is BrCc1cccc(Br)c1.CS(=O)(=O)Cc1cccc(Br)c1. The quantitative estimate of drug-likeness (QED) is 0.535. The molecular formula is C15H15Br3O2S. The third-order valence-corrected chi connectivity index (χ3v) is 4.85. The van der Waals surface area contributed by atoms with E-state index in [4.69, 9.17) is 0 Å². The Labute approximate surface area is 151 Å². The smallest absolute Gasteiger partial charge is 0.151 e. The molecule has 114 valence electrons. The molecule has 21 heavy (non-hydrogen) atoms. The molecule has 0 unspecified atom stereocenters. The Morgan fingerprint density at radius 2 is 1.38 bits per heavy atom. The van der Waals surface area contributed by atoms with E-state index >= 15 is 0 Å². The van der Waals surface area contributed by atoms with Crippen LogP contribution < -0.4 is 0 Å². The standard InChI is InChI=1S/C8H9BrO2S.C7H6Br2/c1-12(10,11)6-7-3-2-4-8(9)5-7;8-5-6-2-1-3-7(9)4-6/h2-5H,6H2,1H3;1-4H,5H2. The van der Waals surface area contributed by atoms with Gasteiger partial charge in [-0.1, -0.05) is 72.1 Å². The van der Waals surface area contributed by atoms with Gasteiger partial charge in [-0.2, -0.15) is 0 Å². The van der Waals surface area contributed by atoms with Gasteiger partial charge in [-0.05, 0) is 35.4 Å². The highest BCUT2D eigenvalue weighted by Crippen LogP contribution is 2.14. The van der Waals surface area contributed by atoms with Gasteiger partial charge in [0.1, 0.15) is 0 Å². The van der Waals surface area contributed by atoms with Crippen molar-refractivity contribution in [2.24, 2.45) is 0 Å². The number of hydrogen-bond acceptors (Lipinski definition) is 2. The molecule has 0 radical (unpaired) electrons. The molecule has 0 N–H and O–H groups in total. The number of sulfone groups is 1. The first kappa shape index (κ1) is 18.9. The van der Waals surface area contributed by atoms with Crippen LogP contribution >= 0.6 is 47.8 Å². The zero-order chi connectivity index (χ0) is 15.9. The fourth-order valence-electron chi connectivity index (χ4n) is 1.55. The predicted molar refractivity (Wildman–Crippen MR) is 99.5 cm³/mol. The molecule has 2 nitrogen and oxygen atoms in total. The summed E-state index contributed by atoms with van der Waals surface area (Å²) in [4.78, 5) is 0. The summed E-state index contributed by atoms with van der Waals surface area (Å²) >= 11 is 10.0. The number of alkyl halides is 1. The van der Waals surface area contributed by atoms with Crippen LogP contribution in [0.25, 0.3) is 0 Å². The Morgan fingerprint density at radius 3 is 1.76 bits per heavy atom. The second-order valence-electron chi connectivity index (χ2n) is 4.46. The first-order chi connectivity index (χ1) is 9.80. The van der Waals surface area contributed by atoms with Crippen LogP contribution in [-0.4, -0.2) is 14.7 Å². The molecule has 2 aromatic rings. The molecular weight excluding hydrogens is 484 g/mol. The van der Waals surface area contributed by atoms with Crippen LogP contribution in [0.4, 0.5) is 0 Å². The predicted octanol–water partition coefficient (Wildman–Crippen LogP) is 5.34. The van der Waals surface area contributed by atoms with Crippen molar-refractivity contribution >= 4 is 57.6 Å². The molecule has 0 fully saturated rings. The lowest BCUT2D eigenvalue weighted by Gasteiger charge is -1.98. The number of rotatable bonds is 3. The molecule has 2 aromatic carbocycles. The molecule has 0 saturated carbocycles. The molecule has 0 aliphatic rings. The summed E-state index contributed by atoms with van der Waals surface area (Å²) in [7, 11) is -2.91. The monoisotopic (exact) mass is 496 g/mol. The maximum atomic E-state index is 10.9. The molecule has 0 saturated heterocycles. The summed E-state index contributed by atoms with van der Waals surface area (Å²) in [5.74, 6) is 0.104. The first-order valence-electron chi connectivity index (χ1n) is 6.03. The van der Waals surface area contributed by atoms with Crippen LogP contribution in [0.3, 0.4) is 0 Å². The van der Waals surface area contributed by atoms with Gasteiger partial charge >= 0.3 is 0 Å². The minimum absolute atomic E-state index is 0.104. The number of benzene rings is 2. The van der Waals surface area contributed by atoms with Crippen molar-refractivity contribution in [3.63, 3.8) is 0 Å². The lowest BCUT2D eigenvalue weighted by molar-refractivity contribution is 0.601. The minimum Gasteiger partial charge on any atom is -0.229 e. The van der Waals surface area contributed by atoms with Crippen molar-refractivity contribution in [2.45, 2.75) is 11.1 Å². The van der Waals surface area contributed by atoms with Gasteiger partial charge in [0.2, 0.25) is 0 Å². The normalized spacial score (nSPS) is 10.7. The average Bonchev–Trinajstić information content (AvgIpc) is 2.37. The zero-order valence-corrected chi connectivity index (χ0v) is 17.0. The van der Waals surface area contributed by atoms with Crippen LogP contribution in [0.1, 0.15) is 11.1 Å². The molecule has 0 spiro atoms. The first-order valence-corrected chi connectivity index (χ1v) is 10.8. The Morgan fingerprint density at radius 1 is 0.905 bits per heavy atom. The second kappa shape index (κ2) is 9.08. The summed E-state index contributed by atoms with van der Waals surface area (Å²) in [6.45, 7) is 0. The Balaban J connectivity index is 0.000000219. The highest BCUT2D eigenvalue weighted by Gasteiger charge is 2.03. The molecule has 0 aromatic heterocycles. The van der Waals surface area contributed by atoms with E-state index in [1.54, 1.807) is 12.1 Å². The van der Waals surface area contributed by atoms with Crippen molar-refractivity contribution in [3.8, 4) is 0 Å². The van der Waals surface area contributed by atoms with Crippen LogP contribution in [0.15, 0.2) is 57.5 Å². The van der Waals surface area contributed by atoms with E-state index in [9.17, 15) is 8.42 Å². The Hall–Kier alpha value is -0.170. The van der Waals surface area contributed by atoms with Crippen molar-refractivity contribution in [2.75, 3.05) is 6.26 Å². The summed E-state index contributed by atoms with van der Waals surface area (Å²) in [5, 5.41) is 0.923. The second-order valence-corrected chi connectivity index (χ2v) is 9.00. The van der Waals surface area contributed by atoms with E-state index < -0.39 is 9.84 Å². The molecule has 2 rings (SSSR count). The molecule has 0 heterocycles. The van der Waals surface area contributed by atoms with E-state index in [1.165, 1.54) is 11.8 Å². The Bertz CT molecular complexity index is 685. The lowest BCUT2D eigenvalue weighted by Crippen LogP contribution is -2.00. The fraction of sp³-hybridized carbons (Fsp3) is 0.200. The highest BCUT2D eigenvalue weighted by atomic mass is 79.9. The van der Waals surface area contributed by atoms with Crippen LogP contribution in [-0.2, 0) is 20.9 Å². The summed E-state index contributed by atoms with van der Waals surface area (Å²) in [6.07, 6.45) is 1.23. The highest BCUT2D eigenvalue weighted by molar-refractivity contribution is 9.10. The van der Waals surface area contributed by atoms with E-state index in [0.717, 1.165) is 19.8 Å². The van der Waals surface area contributed by atoms with Crippen LogP contribution in [0, 0.1) is 0 Å². The maximum absolute atomic E-state index is 10.9. The van der Waals surface area contributed by atoms with Gasteiger partial charge in [-0.3, -0.25) is 0 Å². The summed E-state index contributed by atoms with van der Waals surface area (Å²) in [6, 6.07) is 15.5. The van der Waals surface area contributed by atoms with Gasteiger partial charge in [0.05, 0.1) is 5.75 Å². The maximum Gasteiger partial charge on any atom is 0.151 e. The Kier molecular flexibility index (Phi) is 8.16. The van der Waals surface area contributed by atoms with Gasteiger partial charge in [0.25, 0.3) is 0 Å². The van der Waals surface area contributed by atoms with Gasteiger partial charge in [0.15, 0.2) is 9.84 Å². The van der Waals surface area contributed by atoms with Gasteiger partial charge in [-0.15, -0.1) is 0 Å². The topological polar surface area (TPSA) is 34.1 Å². The van der Waals surface area contributed by atoms with Gasteiger partial charge < -0.3 is 0 Å². The fourth-order valence-corrected chi connectivity index (χ4v) is 3.58. The van der Waals surface area contributed by atoms with Crippen molar-refractivity contribution in [3.05, 3.63) is 68.6 Å². The average molecular weight is 499 g/mol. The summed E-state index contributed by atoms with van der Waals surface area (Å²) < 4.78 is 23.8. The van der Waals surface area contributed by atoms with Gasteiger partial charge in [0, 0.05) is 20.5 Å². The van der Waals surface area contributed by atoms with Crippen molar-refractivity contribution in [1.29, 1.82) is 0 Å². The van der Waals surface area contributed by atoms with Crippen LogP contribution in [0.5, 0.6) is 0 Å². The van der Waals surface area contributed by atoms with Crippen LogP contribution in [0.2, 0.25) is 0 Å². The molecule has 0 aliphatic carbocycles. The zero-order valence-electron chi connectivity index (χ0n) is 11.4. The molecule has 0 aliphatic heterocycles. The molecule has 6 heteroatoms. The molecule has 0 atom stereocenters. The molecule has 0 amide bonds. The van der Waals surface area contributed by atoms with E-state index in [0.29, 0.717) is 0 Å². The van der Waals surface area contributed by atoms with E-state index in [1.807, 2.05) is 24.3 Å².